The molecule has 0 radical (unpaired) electrons. The molecule has 0 fully saturated rings. The van der Waals surface area contributed by atoms with E-state index in [2.05, 4.69) is 25.2 Å². The molecule has 0 aromatic heterocycles. The molecule has 10 heavy (non-hydrogen) atoms. The molecule has 0 aliphatic heterocycles. The summed E-state index contributed by atoms with van der Waals surface area (Å²) in [5.41, 5.74) is 1.27. The third kappa shape index (κ3) is 7.98. The molecule has 1 aliphatic rings. The zero-order valence-corrected chi connectivity index (χ0v) is 7.15. The summed E-state index contributed by atoms with van der Waals surface area (Å²) in [7, 11) is 0. The van der Waals surface area contributed by atoms with Crippen molar-refractivity contribution < 1.29 is 35.8 Å². The fraction of sp³-hybridized carbons (Fsp3) is 0.333. The quantitative estimate of drug-likeness (QED) is 0.402. The van der Waals surface area contributed by atoms with Crippen LogP contribution in [0.3, 0.4) is 0 Å². The normalized spacial score (nSPS) is 11.1. The van der Waals surface area contributed by atoms with Crippen LogP contribution in [0.5, 0.6) is 0 Å². The van der Waals surface area contributed by atoms with Gasteiger partial charge in [-0.05, 0) is 0 Å². The van der Waals surface area contributed by atoms with Crippen molar-refractivity contribution in [1.82, 2.24) is 0 Å². The van der Waals surface area contributed by atoms with Crippen LogP contribution in [0.15, 0.2) is 17.7 Å². The van der Waals surface area contributed by atoms with E-state index in [1.807, 2.05) is 0 Å². The average molecular weight is 187 g/mol. The van der Waals surface area contributed by atoms with Gasteiger partial charge in [0.15, 0.2) is 0 Å². The second-order valence-corrected chi connectivity index (χ2v) is 1.47. The minimum absolute atomic E-state index is 0. The van der Waals surface area contributed by atoms with Gasteiger partial charge in [-0.3, -0.25) is 20.2 Å². The van der Waals surface area contributed by atoms with E-state index in [1.165, 1.54) is 5.57 Å². The van der Waals surface area contributed by atoms with E-state index in [9.17, 15) is 0 Å². The molecule has 0 nitrogen and oxygen atoms in total. The molecule has 1 aliphatic carbocycles. The van der Waals surface area contributed by atoms with Crippen molar-refractivity contribution >= 4 is 0 Å². The van der Waals surface area contributed by atoms with Crippen LogP contribution in [0.2, 0.25) is 0 Å². The molecule has 0 saturated carbocycles. The van der Waals surface area contributed by atoms with Crippen LogP contribution >= 0.6 is 0 Å². The van der Waals surface area contributed by atoms with Crippen LogP contribution in [-0.2, 0) is 21.7 Å². The molecule has 0 amide bonds. The summed E-state index contributed by atoms with van der Waals surface area (Å²) in [4.78, 5) is 0. The predicted octanol–water partition coefficient (Wildman–Crippen LogP) is 2.15. The van der Waals surface area contributed by atoms with Crippen molar-refractivity contribution in [2.75, 3.05) is 0 Å². The van der Waals surface area contributed by atoms with E-state index < -0.39 is 0 Å². The van der Waals surface area contributed by atoms with Crippen molar-refractivity contribution in [3.63, 3.8) is 0 Å². The molecule has 0 saturated heterocycles. The summed E-state index contributed by atoms with van der Waals surface area (Å²) < 4.78 is 0. The minimum atomic E-state index is 0. The van der Waals surface area contributed by atoms with Gasteiger partial charge in [-0.1, -0.05) is 6.92 Å². The van der Waals surface area contributed by atoms with Crippen molar-refractivity contribution in [2.45, 2.75) is 13.3 Å². The van der Waals surface area contributed by atoms with Gasteiger partial charge in [-0.2, -0.15) is 6.08 Å². The van der Waals surface area contributed by atoms with Gasteiger partial charge in [0.05, 0.1) is 0 Å². The molecule has 0 atom stereocenters. The summed E-state index contributed by atoms with van der Waals surface area (Å²) >= 11 is 0. The van der Waals surface area contributed by atoms with E-state index in [-0.39, 0.29) is 35.8 Å². The number of hydrogen-bond acceptors (Lipinski definition) is 0. The third-order valence-electron chi connectivity index (χ3n) is 0.867. The van der Waals surface area contributed by atoms with Crippen LogP contribution in [0.4, 0.5) is 14.1 Å². The summed E-state index contributed by atoms with van der Waals surface area (Å²) in [6, 6.07) is 0. The van der Waals surface area contributed by atoms with E-state index in [1.54, 1.807) is 0 Å². The molecule has 0 unspecified atom stereocenters. The first-order valence-electron chi connectivity index (χ1n) is 2.13. The number of halogens is 3. The number of allylic oxidation sites excluding steroid dienone is 4. The van der Waals surface area contributed by atoms with Gasteiger partial charge in [0.2, 0.25) is 0 Å². The average Bonchev–Trinajstić information content (AvgIpc) is 1.86. The predicted molar refractivity (Wildman–Crippen MR) is 33.7 cm³/mol. The Kier molecular flexibility index (Phi) is 26.4. The van der Waals surface area contributed by atoms with Crippen molar-refractivity contribution in [2.24, 2.45) is 0 Å². The maximum absolute atomic E-state index is 3.12. The maximum atomic E-state index is 3.12. The first kappa shape index (κ1) is 22.5. The first-order chi connectivity index (χ1) is 2.89. The summed E-state index contributed by atoms with van der Waals surface area (Å²) in [6.45, 7) is 2.06. The van der Waals surface area contributed by atoms with E-state index >= 15 is 0 Å². The fourth-order valence-corrected chi connectivity index (χ4v) is 0.515. The third-order valence-corrected chi connectivity index (χ3v) is 0.867. The Balaban J connectivity index is -0.0000000450. The topological polar surface area (TPSA) is 0 Å². The Morgan fingerprint density at radius 3 is 1.90 bits per heavy atom. The first-order valence-corrected chi connectivity index (χ1v) is 2.13. The smallest absolute Gasteiger partial charge is 0 e. The Bertz CT molecular complexity index is 107. The molecule has 1 rings (SSSR count). The minimum Gasteiger partial charge on any atom is -0.270 e. The monoisotopic (exact) mass is 187 g/mol. The molecule has 0 spiro atoms. The van der Waals surface area contributed by atoms with Crippen LogP contribution in [0.1, 0.15) is 13.3 Å². The Hall–Kier alpha value is -0.0157. The SMILES string of the molecule is CC1=[C-]CC=C1.F.F.F.[Ti]. The molecule has 0 heterocycles. The maximum Gasteiger partial charge on any atom is 0 e. The van der Waals surface area contributed by atoms with Gasteiger partial charge in [0.1, 0.15) is 0 Å². The van der Waals surface area contributed by atoms with E-state index in [0.29, 0.717) is 0 Å². The summed E-state index contributed by atoms with van der Waals surface area (Å²) in [6.07, 6.45) is 8.33. The summed E-state index contributed by atoms with van der Waals surface area (Å²) in [5.74, 6) is 0. The van der Waals surface area contributed by atoms with Gasteiger partial charge in [-0.15, -0.1) is 6.42 Å². The van der Waals surface area contributed by atoms with E-state index in [0.717, 1.165) is 6.42 Å². The number of rotatable bonds is 0. The van der Waals surface area contributed by atoms with Gasteiger partial charge >= 0.3 is 0 Å². The molecule has 60 valence electrons. The van der Waals surface area contributed by atoms with Gasteiger partial charge in [0, 0.05) is 21.7 Å². The van der Waals surface area contributed by atoms with Gasteiger partial charge < -0.3 is 0 Å². The molecule has 4 heteroatoms. The molecule has 0 N–H and O–H groups in total. The van der Waals surface area contributed by atoms with Crippen LogP contribution in [-0.4, -0.2) is 0 Å². The van der Waals surface area contributed by atoms with Crippen molar-refractivity contribution in [3.05, 3.63) is 23.8 Å². The fourth-order valence-electron chi connectivity index (χ4n) is 0.515. The number of hydrogen-bond donors (Lipinski definition) is 0. The van der Waals surface area contributed by atoms with Crippen molar-refractivity contribution in [1.29, 1.82) is 0 Å². The second kappa shape index (κ2) is 11.7. The Labute approximate surface area is 73.4 Å². The molecular formula is C6H10F3Ti-. The second-order valence-electron chi connectivity index (χ2n) is 1.47. The van der Waals surface area contributed by atoms with Crippen LogP contribution < -0.4 is 0 Å². The Morgan fingerprint density at radius 2 is 1.80 bits per heavy atom. The van der Waals surface area contributed by atoms with Crippen LogP contribution in [0.25, 0.3) is 0 Å². The molecule has 0 bridgehead atoms. The van der Waals surface area contributed by atoms with Gasteiger partial charge in [0.25, 0.3) is 0 Å². The summed E-state index contributed by atoms with van der Waals surface area (Å²) in [5, 5.41) is 0. The zero-order valence-electron chi connectivity index (χ0n) is 5.59. The Morgan fingerprint density at radius 1 is 1.30 bits per heavy atom. The standard InChI is InChI=1S/C6H7.3FH.Ti/c1-6-4-2-3-5-6;;;;/h2,4H,3H2,1H3;3*1H;/q-1;;;;. The molecule has 0 aromatic rings. The van der Waals surface area contributed by atoms with E-state index in [4.69, 9.17) is 0 Å². The molecular weight excluding hydrogens is 177 g/mol. The van der Waals surface area contributed by atoms with Crippen molar-refractivity contribution in [3.8, 4) is 0 Å². The largest absolute Gasteiger partial charge is 0.270 e. The zero-order chi connectivity index (χ0) is 4.41. The molecule has 0 aromatic carbocycles. The van der Waals surface area contributed by atoms with Gasteiger partial charge in [-0.25, -0.2) is 11.6 Å². The van der Waals surface area contributed by atoms with Crippen LogP contribution in [0, 0.1) is 6.08 Å².